The molecule has 1 N–H and O–H groups in total. The molecule has 2 aromatic rings. The molecule has 0 bridgehead atoms. The van der Waals surface area contributed by atoms with Gasteiger partial charge in [0.25, 0.3) is 5.91 Å². The zero-order chi connectivity index (χ0) is 18.8. The van der Waals surface area contributed by atoms with Gasteiger partial charge >= 0.3 is 0 Å². The molecular weight excluding hydrogens is 347 g/mol. The monoisotopic (exact) mass is 370 g/mol. The summed E-state index contributed by atoms with van der Waals surface area (Å²) in [7, 11) is 0. The normalized spacial score (nSPS) is 20.2. The third-order valence-electron chi connectivity index (χ3n) is 5.12. The highest BCUT2D eigenvalue weighted by Gasteiger charge is 2.35. The van der Waals surface area contributed by atoms with Gasteiger partial charge in [-0.25, -0.2) is 14.4 Å². The Bertz CT molecular complexity index is 844. The SMILES string of the molecule is C[C@H](Oc1cccc(F)c1)C(=O)N1CCC[C@@H]1c1ncc2c(n1)CCNC2. The molecule has 7 heteroatoms. The predicted molar refractivity (Wildman–Crippen MR) is 97.6 cm³/mol. The third-order valence-corrected chi connectivity index (χ3v) is 5.12. The van der Waals surface area contributed by atoms with E-state index in [0.29, 0.717) is 18.1 Å². The first-order chi connectivity index (χ1) is 13.1. The van der Waals surface area contributed by atoms with E-state index in [9.17, 15) is 9.18 Å². The number of fused-ring (bicyclic) bond motifs is 1. The second kappa shape index (κ2) is 7.60. The molecule has 1 fully saturated rings. The molecule has 1 aromatic heterocycles. The van der Waals surface area contributed by atoms with Crippen LogP contribution in [-0.4, -0.2) is 40.0 Å². The van der Waals surface area contributed by atoms with E-state index in [1.807, 2.05) is 6.20 Å². The van der Waals surface area contributed by atoms with Gasteiger partial charge in [0.15, 0.2) is 11.9 Å². The van der Waals surface area contributed by atoms with E-state index in [2.05, 4.69) is 10.3 Å². The Kier molecular flexibility index (Phi) is 5.03. The summed E-state index contributed by atoms with van der Waals surface area (Å²) in [6.07, 6.45) is 3.80. The Morgan fingerprint density at radius 2 is 2.33 bits per heavy atom. The summed E-state index contributed by atoms with van der Waals surface area (Å²) in [5, 5.41) is 3.31. The lowest BCUT2D eigenvalue weighted by Gasteiger charge is -2.27. The molecule has 27 heavy (non-hydrogen) atoms. The lowest BCUT2D eigenvalue weighted by atomic mass is 10.1. The fourth-order valence-corrected chi connectivity index (χ4v) is 3.74. The van der Waals surface area contributed by atoms with Crippen LogP contribution in [0.25, 0.3) is 0 Å². The summed E-state index contributed by atoms with van der Waals surface area (Å²) in [5.41, 5.74) is 2.20. The van der Waals surface area contributed by atoms with Gasteiger partial charge in [0, 0.05) is 49.6 Å². The number of likely N-dealkylation sites (tertiary alicyclic amines) is 1. The number of aromatic nitrogens is 2. The Morgan fingerprint density at radius 3 is 3.19 bits per heavy atom. The van der Waals surface area contributed by atoms with E-state index >= 15 is 0 Å². The zero-order valence-electron chi connectivity index (χ0n) is 15.3. The van der Waals surface area contributed by atoms with Crippen LogP contribution in [0, 0.1) is 5.82 Å². The van der Waals surface area contributed by atoms with Crippen molar-refractivity contribution in [1.29, 1.82) is 0 Å². The van der Waals surface area contributed by atoms with Crippen molar-refractivity contribution in [2.45, 2.75) is 44.9 Å². The van der Waals surface area contributed by atoms with E-state index < -0.39 is 6.10 Å². The molecule has 2 atom stereocenters. The van der Waals surface area contributed by atoms with Crippen LogP contribution in [0.1, 0.15) is 42.9 Å². The van der Waals surface area contributed by atoms with Crippen molar-refractivity contribution in [3.8, 4) is 5.75 Å². The van der Waals surface area contributed by atoms with Crippen molar-refractivity contribution in [2.24, 2.45) is 0 Å². The van der Waals surface area contributed by atoms with Crippen LogP contribution in [0.4, 0.5) is 4.39 Å². The summed E-state index contributed by atoms with van der Waals surface area (Å²) in [5.74, 6) is 0.552. The number of nitrogens with one attached hydrogen (secondary N) is 1. The molecule has 2 aliphatic rings. The van der Waals surface area contributed by atoms with Crippen molar-refractivity contribution in [3.05, 3.63) is 53.4 Å². The van der Waals surface area contributed by atoms with Crippen LogP contribution in [-0.2, 0) is 17.8 Å². The summed E-state index contributed by atoms with van der Waals surface area (Å²) in [6, 6.07) is 5.71. The summed E-state index contributed by atoms with van der Waals surface area (Å²) in [6.45, 7) is 4.06. The van der Waals surface area contributed by atoms with Gasteiger partial charge in [0.1, 0.15) is 11.6 Å². The Morgan fingerprint density at radius 1 is 1.44 bits per heavy atom. The molecule has 142 valence electrons. The lowest BCUT2D eigenvalue weighted by molar-refractivity contribution is -0.139. The van der Waals surface area contributed by atoms with E-state index in [1.54, 1.807) is 24.0 Å². The van der Waals surface area contributed by atoms with Crippen LogP contribution in [0.2, 0.25) is 0 Å². The van der Waals surface area contributed by atoms with Crippen LogP contribution < -0.4 is 10.1 Å². The van der Waals surface area contributed by atoms with Crippen molar-refractivity contribution >= 4 is 5.91 Å². The molecular formula is C20H23FN4O2. The second-order valence-corrected chi connectivity index (χ2v) is 7.03. The van der Waals surface area contributed by atoms with Gasteiger partial charge < -0.3 is 15.0 Å². The van der Waals surface area contributed by atoms with Crippen molar-refractivity contribution in [3.63, 3.8) is 0 Å². The van der Waals surface area contributed by atoms with Gasteiger partial charge in [-0.3, -0.25) is 4.79 Å². The van der Waals surface area contributed by atoms with Gasteiger partial charge in [0.2, 0.25) is 0 Å². The van der Waals surface area contributed by atoms with Gasteiger partial charge in [0.05, 0.1) is 6.04 Å². The van der Waals surface area contributed by atoms with Gasteiger partial charge in [-0.1, -0.05) is 6.07 Å². The molecule has 2 aliphatic heterocycles. The largest absolute Gasteiger partial charge is 0.481 e. The van der Waals surface area contributed by atoms with Gasteiger partial charge in [-0.2, -0.15) is 0 Å². The van der Waals surface area contributed by atoms with E-state index in [4.69, 9.17) is 9.72 Å². The maximum absolute atomic E-state index is 13.3. The molecule has 0 saturated carbocycles. The summed E-state index contributed by atoms with van der Waals surface area (Å²) < 4.78 is 19.0. The number of amides is 1. The molecule has 0 radical (unpaired) electrons. The number of nitrogens with zero attached hydrogens (tertiary/aromatic N) is 3. The minimum absolute atomic E-state index is 0.121. The number of carbonyl (C=O) groups is 1. The van der Waals surface area contributed by atoms with E-state index in [1.165, 1.54) is 12.1 Å². The van der Waals surface area contributed by atoms with E-state index in [0.717, 1.165) is 43.6 Å². The lowest BCUT2D eigenvalue weighted by Crippen LogP contribution is -2.40. The summed E-state index contributed by atoms with van der Waals surface area (Å²) >= 11 is 0. The molecule has 1 amide bonds. The Labute approximate surface area is 157 Å². The van der Waals surface area contributed by atoms with Crippen LogP contribution in [0.15, 0.2) is 30.5 Å². The fourth-order valence-electron chi connectivity index (χ4n) is 3.74. The maximum atomic E-state index is 13.3. The highest BCUT2D eigenvalue weighted by Crippen LogP contribution is 2.31. The van der Waals surface area contributed by atoms with Crippen molar-refractivity contribution < 1.29 is 13.9 Å². The fraction of sp³-hybridized carbons (Fsp3) is 0.450. The number of rotatable bonds is 4. The molecule has 3 heterocycles. The van der Waals surface area contributed by atoms with Gasteiger partial charge in [-0.05, 0) is 31.9 Å². The first kappa shape index (κ1) is 17.9. The molecule has 1 aromatic carbocycles. The summed E-state index contributed by atoms with van der Waals surface area (Å²) in [4.78, 5) is 24.0. The molecule has 4 rings (SSSR count). The average Bonchev–Trinajstić information content (AvgIpc) is 3.16. The Balaban J connectivity index is 1.49. The van der Waals surface area contributed by atoms with Crippen LogP contribution in [0.5, 0.6) is 5.75 Å². The van der Waals surface area contributed by atoms with Crippen molar-refractivity contribution in [2.75, 3.05) is 13.1 Å². The highest BCUT2D eigenvalue weighted by atomic mass is 19.1. The molecule has 6 nitrogen and oxygen atoms in total. The Hall–Kier alpha value is -2.54. The second-order valence-electron chi connectivity index (χ2n) is 7.03. The average molecular weight is 370 g/mol. The zero-order valence-corrected chi connectivity index (χ0v) is 15.3. The molecule has 0 aliphatic carbocycles. The number of ether oxygens (including phenoxy) is 1. The molecule has 0 spiro atoms. The van der Waals surface area contributed by atoms with Crippen LogP contribution in [0.3, 0.4) is 0 Å². The first-order valence-electron chi connectivity index (χ1n) is 9.40. The molecule has 1 saturated heterocycles. The maximum Gasteiger partial charge on any atom is 0.263 e. The minimum atomic E-state index is -0.700. The topological polar surface area (TPSA) is 67.3 Å². The first-order valence-corrected chi connectivity index (χ1v) is 9.40. The molecule has 0 unspecified atom stereocenters. The number of hydrogen-bond donors (Lipinski definition) is 1. The van der Waals surface area contributed by atoms with Crippen molar-refractivity contribution in [1.82, 2.24) is 20.2 Å². The number of halogens is 1. The number of carbonyl (C=O) groups excluding carboxylic acids is 1. The third kappa shape index (κ3) is 3.78. The standard InChI is InChI=1S/C20H23FN4O2/c1-13(27-16-5-2-4-15(21)10-16)20(26)25-9-3-6-18(25)19-23-12-14-11-22-8-7-17(14)24-19/h2,4-5,10,12-13,18,22H,3,6-9,11H2,1H3/t13-,18+/m0/s1. The number of hydrogen-bond acceptors (Lipinski definition) is 5. The quantitative estimate of drug-likeness (QED) is 0.895. The smallest absolute Gasteiger partial charge is 0.263 e. The minimum Gasteiger partial charge on any atom is -0.481 e. The van der Waals surface area contributed by atoms with E-state index in [-0.39, 0.29) is 17.8 Å². The number of benzene rings is 1. The van der Waals surface area contributed by atoms with Gasteiger partial charge in [-0.15, -0.1) is 0 Å². The highest BCUT2D eigenvalue weighted by molar-refractivity contribution is 5.81. The predicted octanol–water partition coefficient (Wildman–Crippen LogP) is 2.39. The van der Waals surface area contributed by atoms with Crippen LogP contribution >= 0.6 is 0 Å².